The fourth-order valence-electron chi connectivity index (χ4n) is 1.57. The van der Waals surface area contributed by atoms with Gasteiger partial charge in [-0.1, -0.05) is 29.6 Å². The van der Waals surface area contributed by atoms with Crippen LogP contribution in [0.2, 0.25) is 10.0 Å². The van der Waals surface area contributed by atoms with Gasteiger partial charge in [0.2, 0.25) is 0 Å². The van der Waals surface area contributed by atoms with Gasteiger partial charge in [0.25, 0.3) is 5.91 Å². The molecular weight excluding hydrogens is 308 g/mol. The van der Waals surface area contributed by atoms with Crippen LogP contribution in [0, 0.1) is 5.82 Å². The third kappa shape index (κ3) is 5.35. The van der Waals surface area contributed by atoms with Gasteiger partial charge >= 0.3 is 5.97 Å². The fourth-order valence-corrected chi connectivity index (χ4v) is 2.04. The normalized spacial score (nSPS) is 10.3. The summed E-state index contributed by atoms with van der Waals surface area (Å²) in [6, 6.07) is 2.17. The first-order valence-corrected chi connectivity index (χ1v) is 6.82. The molecule has 0 fully saturated rings. The number of hydrogen-bond acceptors (Lipinski definition) is 2. The second-order valence-corrected chi connectivity index (χ2v) is 5.02. The Hall–Kier alpha value is -1.33. The van der Waals surface area contributed by atoms with Crippen molar-refractivity contribution >= 4 is 35.1 Å². The molecule has 1 aromatic rings. The van der Waals surface area contributed by atoms with Crippen LogP contribution < -0.4 is 5.32 Å². The van der Waals surface area contributed by atoms with E-state index >= 15 is 0 Å². The zero-order valence-corrected chi connectivity index (χ0v) is 12.1. The first kappa shape index (κ1) is 16.7. The lowest BCUT2D eigenvalue weighted by Gasteiger charge is -2.07. The van der Waals surface area contributed by atoms with Crippen molar-refractivity contribution in [2.24, 2.45) is 0 Å². The molecule has 7 heteroatoms. The summed E-state index contributed by atoms with van der Waals surface area (Å²) in [5, 5.41) is 11.0. The number of carbonyl (C=O) groups excluding carboxylic acids is 1. The van der Waals surface area contributed by atoms with E-state index in [9.17, 15) is 14.0 Å². The van der Waals surface area contributed by atoms with Gasteiger partial charge in [-0.3, -0.25) is 9.59 Å². The molecule has 2 N–H and O–H groups in total. The average Bonchev–Trinajstić information content (AvgIpc) is 2.37. The SMILES string of the molecule is O=C(O)CCCCCNC(=O)c1cc(F)c(Cl)cc1Cl. The topological polar surface area (TPSA) is 66.4 Å². The summed E-state index contributed by atoms with van der Waals surface area (Å²) in [6.07, 6.45) is 2.01. The molecule has 0 radical (unpaired) electrons. The number of carbonyl (C=O) groups is 2. The van der Waals surface area contributed by atoms with E-state index in [1.54, 1.807) is 0 Å². The van der Waals surface area contributed by atoms with Crippen molar-refractivity contribution in [1.82, 2.24) is 5.32 Å². The summed E-state index contributed by atoms with van der Waals surface area (Å²) in [4.78, 5) is 22.1. The van der Waals surface area contributed by atoms with Crippen molar-refractivity contribution in [1.29, 1.82) is 0 Å². The molecule has 0 atom stereocenters. The second-order valence-electron chi connectivity index (χ2n) is 4.21. The van der Waals surface area contributed by atoms with Crippen LogP contribution in [-0.4, -0.2) is 23.5 Å². The second kappa shape index (κ2) is 8.07. The lowest BCUT2D eigenvalue weighted by Crippen LogP contribution is -2.24. The zero-order valence-electron chi connectivity index (χ0n) is 10.6. The van der Waals surface area contributed by atoms with Crippen LogP contribution in [0.1, 0.15) is 36.0 Å². The van der Waals surface area contributed by atoms with Crippen LogP contribution in [0.5, 0.6) is 0 Å². The van der Waals surface area contributed by atoms with Crippen molar-refractivity contribution in [2.45, 2.75) is 25.7 Å². The van der Waals surface area contributed by atoms with E-state index in [1.807, 2.05) is 0 Å². The minimum absolute atomic E-state index is 0.0269. The number of unbranched alkanes of at least 4 members (excludes halogenated alkanes) is 2. The summed E-state index contributed by atoms with van der Waals surface area (Å²) >= 11 is 11.4. The van der Waals surface area contributed by atoms with Crippen LogP contribution in [0.25, 0.3) is 0 Å². The number of rotatable bonds is 7. The highest BCUT2D eigenvalue weighted by Gasteiger charge is 2.13. The Morgan fingerprint density at radius 2 is 1.85 bits per heavy atom. The fraction of sp³-hybridized carbons (Fsp3) is 0.385. The number of nitrogens with one attached hydrogen (secondary N) is 1. The van der Waals surface area contributed by atoms with E-state index in [-0.39, 0.29) is 22.0 Å². The Balaban J connectivity index is 2.40. The van der Waals surface area contributed by atoms with E-state index in [0.717, 1.165) is 6.07 Å². The summed E-state index contributed by atoms with van der Waals surface area (Å²) in [5.74, 6) is -2.02. The van der Waals surface area contributed by atoms with Crippen LogP contribution in [-0.2, 0) is 4.79 Å². The Morgan fingerprint density at radius 3 is 2.50 bits per heavy atom. The van der Waals surface area contributed by atoms with Crippen LogP contribution >= 0.6 is 23.2 Å². The van der Waals surface area contributed by atoms with Gasteiger partial charge < -0.3 is 10.4 Å². The quantitative estimate of drug-likeness (QED) is 0.596. The van der Waals surface area contributed by atoms with Crippen molar-refractivity contribution in [3.63, 3.8) is 0 Å². The average molecular weight is 322 g/mol. The predicted molar refractivity (Wildman–Crippen MR) is 74.9 cm³/mol. The lowest BCUT2D eigenvalue weighted by atomic mass is 10.1. The minimum Gasteiger partial charge on any atom is -0.481 e. The summed E-state index contributed by atoms with van der Waals surface area (Å²) < 4.78 is 13.3. The first-order chi connectivity index (χ1) is 9.41. The Bertz CT molecular complexity index is 509. The van der Waals surface area contributed by atoms with Gasteiger partial charge in [0.05, 0.1) is 15.6 Å². The molecule has 1 amide bonds. The van der Waals surface area contributed by atoms with Gasteiger partial charge in [-0.25, -0.2) is 4.39 Å². The highest BCUT2D eigenvalue weighted by molar-refractivity contribution is 6.36. The van der Waals surface area contributed by atoms with Crippen LogP contribution in [0.4, 0.5) is 4.39 Å². The number of halogens is 3. The maximum Gasteiger partial charge on any atom is 0.303 e. The molecule has 0 aliphatic carbocycles. The van der Waals surface area contributed by atoms with Gasteiger partial charge in [0.1, 0.15) is 5.82 Å². The van der Waals surface area contributed by atoms with Crippen LogP contribution in [0.15, 0.2) is 12.1 Å². The lowest BCUT2D eigenvalue weighted by molar-refractivity contribution is -0.137. The molecule has 0 bridgehead atoms. The highest BCUT2D eigenvalue weighted by atomic mass is 35.5. The number of hydrogen-bond donors (Lipinski definition) is 2. The molecule has 0 heterocycles. The van der Waals surface area contributed by atoms with Gasteiger partial charge in [0, 0.05) is 13.0 Å². The Kier molecular flexibility index (Phi) is 6.75. The third-order valence-electron chi connectivity index (χ3n) is 2.61. The van der Waals surface area contributed by atoms with E-state index in [4.69, 9.17) is 28.3 Å². The summed E-state index contributed by atoms with van der Waals surface area (Å²) in [6.45, 7) is 0.374. The monoisotopic (exact) mass is 321 g/mol. The summed E-state index contributed by atoms with van der Waals surface area (Å²) in [7, 11) is 0. The molecule has 0 aliphatic rings. The van der Waals surface area contributed by atoms with Crippen molar-refractivity contribution in [3.05, 3.63) is 33.6 Å². The highest BCUT2D eigenvalue weighted by Crippen LogP contribution is 2.24. The zero-order chi connectivity index (χ0) is 15.1. The van der Waals surface area contributed by atoms with E-state index in [0.29, 0.717) is 25.8 Å². The molecule has 20 heavy (non-hydrogen) atoms. The maximum absolute atomic E-state index is 13.3. The predicted octanol–water partition coefficient (Wildman–Crippen LogP) is 3.51. The maximum atomic E-state index is 13.3. The van der Waals surface area contributed by atoms with Gasteiger partial charge in [-0.2, -0.15) is 0 Å². The first-order valence-electron chi connectivity index (χ1n) is 6.06. The Labute approximate surface area is 125 Å². The molecule has 4 nitrogen and oxygen atoms in total. The molecule has 0 aliphatic heterocycles. The number of aliphatic carboxylic acids is 1. The van der Waals surface area contributed by atoms with Crippen molar-refractivity contribution in [3.8, 4) is 0 Å². The van der Waals surface area contributed by atoms with Crippen molar-refractivity contribution in [2.75, 3.05) is 6.54 Å². The smallest absolute Gasteiger partial charge is 0.303 e. The van der Waals surface area contributed by atoms with Gasteiger partial charge in [-0.05, 0) is 25.0 Å². The number of carboxylic acid groups (broad SMARTS) is 1. The summed E-state index contributed by atoms with van der Waals surface area (Å²) in [5.41, 5.74) is 0.0269. The third-order valence-corrected chi connectivity index (χ3v) is 3.21. The van der Waals surface area contributed by atoms with E-state index in [1.165, 1.54) is 6.07 Å². The van der Waals surface area contributed by atoms with E-state index in [2.05, 4.69) is 5.32 Å². The molecular formula is C13H14Cl2FNO3. The molecule has 0 saturated heterocycles. The minimum atomic E-state index is -0.836. The molecule has 1 rings (SSSR count). The number of amides is 1. The largest absolute Gasteiger partial charge is 0.481 e. The molecule has 0 saturated carbocycles. The van der Waals surface area contributed by atoms with E-state index < -0.39 is 17.7 Å². The molecule has 0 aromatic heterocycles. The molecule has 0 unspecified atom stereocenters. The molecule has 110 valence electrons. The van der Waals surface area contributed by atoms with Crippen LogP contribution in [0.3, 0.4) is 0 Å². The standard InChI is InChI=1S/C13H14Cl2FNO3/c14-9-7-10(15)11(16)6-8(9)13(20)17-5-3-1-2-4-12(18)19/h6-7H,1-5H2,(H,17,20)(H,18,19). The van der Waals surface area contributed by atoms with Gasteiger partial charge in [-0.15, -0.1) is 0 Å². The number of benzene rings is 1. The Morgan fingerprint density at radius 1 is 1.15 bits per heavy atom. The molecule has 1 aromatic carbocycles. The van der Waals surface area contributed by atoms with Gasteiger partial charge in [0.15, 0.2) is 0 Å². The van der Waals surface area contributed by atoms with Crippen molar-refractivity contribution < 1.29 is 19.1 Å². The number of carboxylic acids is 1. The molecule has 0 spiro atoms.